The second-order valence-corrected chi connectivity index (χ2v) is 3.82. The molecule has 0 saturated heterocycles. The zero-order valence-corrected chi connectivity index (χ0v) is 9.33. The van der Waals surface area contributed by atoms with E-state index in [1.807, 2.05) is 6.07 Å². The first-order valence-electron chi connectivity index (χ1n) is 4.47. The molecule has 0 bridgehead atoms. The van der Waals surface area contributed by atoms with Crippen LogP contribution in [0.5, 0.6) is 0 Å². The second kappa shape index (κ2) is 5.61. The Labute approximate surface area is 91.1 Å². The van der Waals surface area contributed by atoms with Gasteiger partial charge in [0.2, 0.25) is 0 Å². The molecule has 1 heterocycles. The van der Waals surface area contributed by atoms with Gasteiger partial charge in [-0.05, 0) is 40.9 Å². The van der Waals surface area contributed by atoms with Crippen LogP contribution in [-0.4, -0.2) is 4.57 Å². The quantitative estimate of drug-likeness (QED) is 0.775. The van der Waals surface area contributed by atoms with Crippen molar-refractivity contribution in [3.8, 4) is 6.07 Å². The van der Waals surface area contributed by atoms with Crippen LogP contribution in [0.15, 0.2) is 27.6 Å². The summed E-state index contributed by atoms with van der Waals surface area (Å²) in [5, 5.41) is 8.34. The van der Waals surface area contributed by atoms with Gasteiger partial charge in [0.15, 0.2) is 0 Å². The molecule has 0 spiro atoms. The Kier molecular flexibility index (Phi) is 4.41. The van der Waals surface area contributed by atoms with Gasteiger partial charge in [0.05, 0.1) is 10.5 Å². The number of pyridine rings is 1. The highest BCUT2D eigenvalue weighted by Crippen LogP contribution is 2.02. The lowest BCUT2D eigenvalue weighted by molar-refractivity contribution is 0.598. The van der Waals surface area contributed by atoms with Crippen molar-refractivity contribution in [2.75, 3.05) is 0 Å². The fraction of sp³-hybridized carbons (Fsp3) is 0.400. The van der Waals surface area contributed by atoms with Crippen molar-refractivity contribution >= 4 is 15.9 Å². The van der Waals surface area contributed by atoms with Crippen molar-refractivity contribution in [2.24, 2.45) is 0 Å². The molecule has 0 N–H and O–H groups in total. The number of hydrogen-bond donors (Lipinski definition) is 0. The van der Waals surface area contributed by atoms with Gasteiger partial charge < -0.3 is 4.57 Å². The van der Waals surface area contributed by atoms with Gasteiger partial charge >= 0.3 is 0 Å². The Morgan fingerprint density at radius 3 is 3.00 bits per heavy atom. The maximum Gasteiger partial charge on any atom is 0.264 e. The molecule has 0 saturated carbocycles. The lowest BCUT2D eigenvalue weighted by Crippen LogP contribution is -2.19. The Balaban J connectivity index is 2.56. The maximum atomic E-state index is 11.5. The number of nitriles is 1. The Morgan fingerprint density at radius 2 is 2.29 bits per heavy atom. The fourth-order valence-electron chi connectivity index (χ4n) is 1.17. The Bertz CT molecular complexity index is 392. The number of hydrogen-bond acceptors (Lipinski definition) is 2. The summed E-state index contributed by atoms with van der Waals surface area (Å²) in [4.78, 5) is 11.5. The fourth-order valence-corrected chi connectivity index (χ4v) is 1.55. The van der Waals surface area contributed by atoms with Gasteiger partial charge in [0.1, 0.15) is 0 Å². The third-order valence-electron chi connectivity index (χ3n) is 1.91. The van der Waals surface area contributed by atoms with Gasteiger partial charge in [-0.15, -0.1) is 0 Å². The van der Waals surface area contributed by atoms with E-state index in [0.29, 0.717) is 17.4 Å². The molecule has 4 heteroatoms. The van der Waals surface area contributed by atoms with Crippen LogP contribution in [0.25, 0.3) is 0 Å². The predicted molar refractivity (Wildman–Crippen MR) is 57.9 cm³/mol. The van der Waals surface area contributed by atoms with Crippen molar-refractivity contribution in [3.05, 3.63) is 33.2 Å². The number of unbranched alkanes of at least 4 members (excludes halogenated alkanes) is 2. The molecule has 0 unspecified atom stereocenters. The van der Waals surface area contributed by atoms with Crippen LogP contribution >= 0.6 is 15.9 Å². The van der Waals surface area contributed by atoms with Crippen molar-refractivity contribution in [1.29, 1.82) is 5.26 Å². The lowest BCUT2D eigenvalue weighted by atomic mass is 10.2. The minimum absolute atomic E-state index is 0.00976. The van der Waals surface area contributed by atoms with Gasteiger partial charge in [-0.3, -0.25) is 4.79 Å². The molecule has 1 aromatic heterocycles. The highest BCUT2D eigenvalue weighted by molar-refractivity contribution is 9.10. The Hall–Kier alpha value is -1.08. The van der Waals surface area contributed by atoms with Gasteiger partial charge in [-0.25, -0.2) is 0 Å². The van der Waals surface area contributed by atoms with Crippen LogP contribution in [-0.2, 0) is 6.54 Å². The van der Waals surface area contributed by atoms with E-state index in [2.05, 4.69) is 22.0 Å². The summed E-state index contributed by atoms with van der Waals surface area (Å²) in [6.07, 6.45) is 4.03. The molecule has 0 aliphatic heterocycles. The van der Waals surface area contributed by atoms with E-state index in [-0.39, 0.29) is 5.56 Å². The van der Waals surface area contributed by atoms with Crippen molar-refractivity contribution < 1.29 is 0 Å². The molecule has 14 heavy (non-hydrogen) atoms. The van der Waals surface area contributed by atoms with Crippen LogP contribution in [0, 0.1) is 11.3 Å². The number of nitrogens with zero attached hydrogens (tertiary/aromatic N) is 2. The largest absolute Gasteiger partial charge is 0.315 e. The summed E-state index contributed by atoms with van der Waals surface area (Å²) in [6, 6.07) is 5.64. The summed E-state index contributed by atoms with van der Waals surface area (Å²) in [6.45, 7) is 0.681. The predicted octanol–water partition coefficient (Wildman–Crippen LogP) is 2.30. The lowest BCUT2D eigenvalue weighted by Gasteiger charge is -2.03. The topological polar surface area (TPSA) is 45.8 Å². The van der Waals surface area contributed by atoms with E-state index in [4.69, 9.17) is 5.26 Å². The highest BCUT2D eigenvalue weighted by Gasteiger charge is 1.98. The summed E-state index contributed by atoms with van der Waals surface area (Å²) in [5.41, 5.74) is -0.00976. The zero-order valence-electron chi connectivity index (χ0n) is 7.74. The SMILES string of the molecule is N#CCCCCn1cccc(Br)c1=O. The Morgan fingerprint density at radius 1 is 1.50 bits per heavy atom. The minimum Gasteiger partial charge on any atom is -0.315 e. The van der Waals surface area contributed by atoms with Gasteiger partial charge in [-0.2, -0.15) is 5.26 Å². The molecule has 3 nitrogen and oxygen atoms in total. The first-order chi connectivity index (χ1) is 6.75. The van der Waals surface area contributed by atoms with E-state index in [9.17, 15) is 4.79 Å². The number of aromatic nitrogens is 1. The average Bonchev–Trinajstić information content (AvgIpc) is 2.19. The zero-order chi connectivity index (χ0) is 10.4. The van der Waals surface area contributed by atoms with Crippen LogP contribution in [0.1, 0.15) is 19.3 Å². The van der Waals surface area contributed by atoms with Crippen LogP contribution in [0.3, 0.4) is 0 Å². The molecule has 0 aliphatic rings. The molecule has 0 aliphatic carbocycles. The van der Waals surface area contributed by atoms with E-state index in [0.717, 1.165) is 12.8 Å². The molecule has 1 aromatic rings. The first kappa shape index (κ1) is 11.0. The highest BCUT2D eigenvalue weighted by atomic mass is 79.9. The second-order valence-electron chi connectivity index (χ2n) is 2.97. The third kappa shape index (κ3) is 3.00. The molecule has 74 valence electrons. The average molecular weight is 255 g/mol. The van der Waals surface area contributed by atoms with Gasteiger partial charge in [0, 0.05) is 19.2 Å². The molecule has 0 fully saturated rings. The molecular weight excluding hydrogens is 244 g/mol. The summed E-state index contributed by atoms with van der Waals surface area (Å²) in [5.74, 6) is 0. The van der Waals surface area contributed by atoms with Crippen molar-refractivity contribution in [2.45, 2.75) is 25.8 Å². The van der Waals surface area contributed by atoms with Crippen LogP contribution in [0.4, 0.5) is 0 Å². The summed E-state index contributed by atoms with van der Waals surface area (Å²) in [7, 11) is 0. The monoisotopic (exact) mass is 254 g/mol. The molecule has 0 radical (unpaired) electrons. The van der Waals surface area contributed by atoms with Crippen molar-refractivity contribution in [1.82, 2.24) is 4.57 Å². The summed E-state index contributed by atoms with van der Waals surface area (Å²) >= 11 is 3.18. The number of halogens is 1. The number of aryl methyl sites for hydroxylation is 1. The molecule has 0 amide bonds. The molecule has 0 atom stereocenters. The smallest absolute Gasteiger partial charge is 0.264 e. The first-order valence-corrected chi connectivity index (χ1v) is 5.27. The van der Waals surface area contributed by atoms with E-state index in [1.165, 1.54) is 0 Å². The third-order valence-corrected chi connectivity index (χ3v) is 2.51. The van der Waals surface area contributed by atoms with E-state index < -0.39 is 0 Å². The summed E-state index contributed by atoms with van der Waals surface area (Å²) < 4.78 is 2.24. The normalized spacial score (nSPS) is 9.71. The molecule has 1 rings (SSSR count). The van der Waals surface area contributed by atoms with Crippen LogP contribution < -0.4 is 5.56 Å². The maximum absolute atomic E-state index is 11.5. The van der Waals surface area contributed by atoms with Gasteiger partial charge in [0.25, 0.3) is 5.56 Å². The van der Waals surface area contributed by atoms with Gasteiger partial charge in [-0.1, -0.05) is 0 Å². The number of rotatable bonds is 4. The standard InChI is InChI=1S/C10H11BrN2O/c11-9-5-4-8-13(10(9)14)7-3-1-2-6-12/h4-5,8H,1-3,7H2. The van der Waals surface area contributed by atoms with E-state index in [1.54, 1.807) is 16.8 Å². The minimum atomic E-state index is -0.00976. The van der Waals surface area contributed by atoms with Crippen molar-refractivity contribution in [3.63, 3.8) is 0 Å². The van der Waals surface area contributed by atoms with Crippen LogP contribution in [0.2, 0.25) is 0 Å². The molecular formula is C10H11BrN2O. The molecule has 0 aromatic carbocycles. The van der Waals surface area contributed by atoms with E-state index >= 15 is 0 Å².